The molecule has 1 aliphatic carbocycles. The van der Waals surface area contributed by atoms with Crippen molar-refractivity contribution in [2.24, 2.45) is 5.41 Å². The van der Waals surface area contributed by atoms with Crippen LogP contribution in [0, 0.1) is 5.41 Å². The van der Waals surface area contributed by atoms with Crippen molar-refractivity contribution < 1.29 is 0 Å². The fraction of sp³-hybridized carbons (Fsp3) is 0.833. The number of aromatic nitrogens is 2. The Bertz CT molecular complexity index is 434. The van der Waals surface area contributed by atoms with Crippen LogP contribution in [0.4, 0.5) is 0 Å². The molecule has 3 heteroatoms. The summed E-state index contributed by atoms with van der Waals surface area (Å²) in [6.45, 7) is 12.3. The van der Waals surface area contributed by atoms with E-state index in [0.717, 1.165) is 13.0 Å². The summed E-state index contributed by atoms with van der Waals surface area (Å²) < 4.78 is 2.20. The predicted octanol–water partition coefficient (Wildman–Crippen LogP) is 4.69. The first-order chi connectivity index (χ1) is 9.75. The van der Waals surface area contributed by atoms with Crippen LogP contribution in [0.2, 0.25) is 0 Å². The fourth-order valence-corrected chi connectivity index (χ4v) is 3.74. The highest BCUT2D eigenvalue weighted by atomic mass is 15.3. The second-order valence-corrected chi connectivity index (χ2v) is 8.55. The van der Waals surface area contributed by atoms with Gasteiger partial charge in [-0.2, -0.15) is 5.10 Å². The van der Waals surface area contributed by atoms with Crippen molar-refractivity contribution in [2.45, 2.75) is 91.3 Å². The van der Waals surface area contributed by atoms with Crippen LogP contribution < -0.4 is 5.32 Å². The van der Waals surface area contributed by atoms with E-state index in [9.17, 15) is 0 Å². The molecule has 0 amide bonds. The van der Waals surface area contributed by atoms with E-state index in [2.05, 4.69) is 56.9 Å². The van der Waals surface area contributed by atoms with Crippen LogP contribution in [0.15, 0.2) is 12.3 Å². The van der Waals surface area contributed by atoms with Crippen molar-refractivity contribution in [1.82, 2.24) is 15.1 Å². The summed E-state index contributed by atoms with van der Waals surface area (Å²) in [6, 6.07) is 2.81. The van der Waals surface area contributed by atoms with Crippen LogP contribution in [-0.4, -0.2) is 15.3 Å². The third kappa shape index (κ3) is 5.46. The minimum absolute atomic E-state index is 0.146. The van der Waals surface area contributed by atoms with Crippen LogP contribution in [0.3, 0.4) is 0 Å². The van der Waals surface area contributed by atoms with Crippen molar-refractivity contribution in [3.8, 4) is 0 Å². The zero-order valence-corrected chi connectivity index (χ0v) is 14.6. The minimum atomic E-state index is 0.146. The highest BCUT2D eigenvalue weighted by Gasteiger charge is 2.25. The van der Waals surface area contributed by atoms with Gasteiger partial charge in [-0.25, -0.2) is 0 Å². The van der Waals surface area contributed by atoms with Gasteiger partial charge < -0.3 is 5.32 Å². The lowest BCUT2D eigenvalue weighted by Crippen LogP contribution is -2.41. The third-order valence-electron chi connectivity index (χ3n) is 4.33. The fourth-order valence-electron chi connectivity index (χ4n) is 3.74. The predicted molar refractivity (Wildman–Crippen MR) is 89.3 cm³/mol. The summed E-state index contributed by atoms with van der Waals surface area (Å²) in [5.41, 5.74) is 1.66. The summed E-state index contributed by atoms with van der Waals surface area (Å²) in [4.78, 5) is 0. The van der Waals surface area contributed by atoms with Gasteiger partial charge in [0.25, 0.3) is 0 Å². The van der Waals surface area contributed by atoms with E-state index in [0.29, 0.717) is 11.5 Å². The Morgan fingerprint density at radius 1 is 1.14 bits per heavy atom. The molecule has 120 valence electrons. The summed E-state index contributed by atoms with van der Waals surface area (Å²) in [5, 5.41) is 8.46. The highest BCUT2D eigenvalue weighted by Crippen LogP contribution is 2.28. The van der Waals surface area contributed by atoms with Gasteiger partial charge in [-0.1, -0.05) is 40.0 Å². The molecule has 1 aromatic heterocycles. The van der Waals surface area contributed by atoms with Gasteiger partial charge >= 0.3 is 0 Å². The van der Waals surface area contributed by atoms with E-state index in [1.807, 2.05) is 0 Å². The zero-order chi connectivity index (χ0) is 15.5. The maximum Gasteiger partial charge on any atom is 0.0762 e. The quantitative estimate of drug-likeness (QED) is 0.852. The van der Waals surface area contributed by atoms with E-state index in [-0.39, 0.29) is 5.54 Å². The first kappa shape index (κ1) is 16.5. The average molecular weight is 291 g/mol. The van der Waals surface area contributed by atoms with Crippen molar-refractivity contribution in [3.05, 3.63) is 18.0 Å². The van der Waals surface area contributed by atoms with Crippen molar-refractivity contribution in [1.29, 1.82) is 0 Å². The lowest BCUT2D eigenvalue weighted by Gasteiger charge is -2.33. The van der Waals surface area contributed by atoms with E-state index in [4.69, 9.17) is 5.10 Å². The standard InChI is InChI=1S/C18H33N3/c1-17(2,3)14-18(4,5)19-13-15-11-12-21(20-15)16-9-7-6-8-10-16/h11-12,16,19H,6-10,13-14H2,1-5H3. The number of hydrogen-bond acceptors (Lipinski definition) is 2. The Kier molecular flexibility index (Phi) is 5.13. The summed E-state index contributed by atoms with van der Waals surface area (Å²) in [5.74, 6) is 0. The first-order valence-corrected chi connectivity index (χ1v) is 8.54. The van der Waals surface area contributed by atoms with Gasteiger partial charge in [-0.05, 0) is 44.6 Å². The second kappa shape index (κ2) is 6.51. The first-order valence-electron chi connectivity index (χ1n) is 8.54. The van der Waals surface area contributed by atoms with E-state index >= 15 is 0 Å². The topological polar surface area (TPSA) is 29.9 Å². The normalized spacial score (nSPS) is 18.1. The van der Waals surface area contributed by atoms with Crippen molar-refractivity contribution in [3.63, 3.8) is 0 Å². The molecule has 1 N–H and O–H groups in total. The molecule has 0 spiro atoms. The second-order valence-electron chi connectivity index (χ2n) is 8.55. The van der Waals surface area contributed by atoms with Crippen LogP contribution in [-0.2, 0) is 6.54 Å². The third-order valence-corrected chi connectivity index (χ3v) is 4.33. The Morgan fingerprint density at radius 3 is 2.43 bits per heavy atom. The smallest absolute Gasteiger partial charge is 0.0762 e. The van der Waals surface area contributed by atoms with Crippen molar-refractivity contribution >= 4 is 0 Å². The van der Waals surface area contributed by atoms with Crippen molar-refractivity contribution in [2.75, 3.05) is 0 Å². The van der Waals surface area contributed by atoms with Crippen LogP contribution >= 0.6 is 0 Å². The molecule has 1 fully saturated rings. The summed E-state index contributed by atoms with van der Waals surface area (Å²) >= 11 is 0. The van der Waals surface area contributed by atoms with Gasteiger partial charge in [0.15, 0.2) is 0 Å². The molecule has 0 saturated heterocycles. The molecule has 0 aliphatic heterocycles. The Hall–Kier alpha value is -0.830. The maximum absolute atomic E-state index is 4.79. The molecule has 0 radical (unpaired) electrons. The van der Waals surface area contributed by atoms with Crippen LogP contribution in [0.1, 0.15) is 84.9 Å². The number of rotatable bonds is 5. The largest absolute Gasteiger partial charge is 0.306 e. The van der Waals surface area contributed by atoms with Gasteiger partial charge in [0.2, 0.25) is 0 Å². The lowest BCUT2D eigenvalue weighted by molar-refractivity contribution is 0.239. The Morgan fingerprint density at radius 2 is 1.81 bits per heavy atom. The highest BCUT2D eigenvalue weighted by molar-refractivity contribution is 5.01. The van der Waals surface area contributed by atoms with Gasteiger partial charge in [0.05, 0.1) is 11.7 Å². The molecule has 1 aliphatic rings. The van der Waals surface area contributed by atoms with E-state index in [1.165, 1.54) is 37.8 Å². The molecule has 21 heavy (non-hydrogen) atoms. The molecule has 0 aromatic carbocycles. The van der Waals surface area contributed by atoms with E-state index < -0.39 is 0 Å². The molecular weight excluding hydrogens is 258 g/mol. The van der Waals surface area contributed by atoms with Gasteiger partial charge in [-0.3, -0.25) is 4.68 Å². The number of nitrogens with one attached hydrogen (secondary N) is 1. The van der Waals surface area contributed by atoms with Gasteiger partial charge in [0, 0.05) is 18.3 Å². The van der Waals surface area contributed by atoms with Crippen LogP contribution in [0.25, 0.3) is 0 Å². The molecule has 0 atom stereocenters. The van der Waals surface area contributed by atoms with E-state index in [1.54, 1.807) is 0 Å². The maximum atomic E-state index is 4.79. The zero-order valence-electron chi connectivity index (χ0n) is 14.6. The van der Waals surface area contributed by atoms with Gasteiger partial charge in [-0.15, -0.1) is 0 Å². The molecule has 2 rings (SSSR count). The number of hydrogen-bond donors (Lipinski definition) is 1. The minimum Gasteiger partial charge on any atom is -0.306 e. The molecule has 0 unspecified atom stereocenters. The molecular formula is C18H33N3. The molecule has 1 saturated carbocycles. The van der Waals surface area contributed by atoms with Gasteiger partial charge in [0.1, 0.15) is 0 Å². The SMILES string of the molecule is CC(C)(C)CC(C)(C)NCc1ccn(C2CCCCC2)n1. The lowest BCUT2D eigenvalue weighted by atomic mass is 9.82. The molecule has 3 nitrogen and oxygen atoms in total. The Labute approximate surface area is 130 Å². The Balaban J connectivity index is 1.87. The molecule has 1 aromatic rings. The van der Waals surface area contributed by atoms with Crippen LogP contribution in [0.5, 0.6) is 0 Å². The average Bonchev–Trinajstić information content (AvgIpc) is 2.84. The molecule has 0 bridgehead atoms. The molecule has 1 heterocycles. The summed E-state index contributed by atoms with van der Waals surface area (Å²) in [6.07, 6.45) is 10.0. The summed E-state index contributed by atoms with van der Waals surface area (Å²) in [7, 11) is 0. The monoisotopic (exact) mass is 291 g/mol. The number of nitrogens with zero attached hydrogens (tertiary/aromatic N) is 2.